The summed E-state index contributed by atoms with van der Waals surface area (Å²) in [4.78, 5) is 26.4. The first kappa shape index (κ1) is 16.8. The fourth-order valence-corrected chi connectivity index (χ4v) is 3.16. The van der Waals surface area contributed by atoms with Gasteiger partial charge in [-0.15, -0.1) is 0 Å². The van der Waals surface area contributed by atoms with Crippen LogP contribution in [0.5, 0.6) is 0 Å². The largest absolute Gasteiger partial charge is 0.459 e. The smallest absolute Gasteiger partial charge is 0.289 e. The van der Waals surface area contributed by atoms with E-state index in [-0.39, 0.29) is 11.7 Å². The molecule has 2 saturated heterocycles. The normalized spacial score (nSPS) is 18.3. The summed E-state index contributed by atoms with van der Waals surface area (Å²) in [6.45, 7) is 4.58. The number of nitrogens with zero attached hydrogens (tertiary/aromatic N) is 5. The number of halogens is 1. The summed E-state index contributed by atoms with van der Waals surface area (Å²) >= 11 is 0. The van der Waals surface area contributed by atoms with Crippen LogP contribution in [0.3, 0.4) is 0 Å². The Morgan fingerprint density at radius 1 is 1.08 bits per heavy atom. The molecule has 0 unspecified atom stereocenters. The summed E-state index contributed by atoms with van der Waals surface area (Å²) in [6, 6.07) is 3.33. The maximum Gasteiger partial charge on any atom is 0.289 e. The van der Waals surface area contributed by atoms with E-state index in [1.165, 1.54) is 12.5 Å². The molecule has 0 spiro atoms. The summed E-state index contributed by atoms with van der Waals surface area (Å²) in [5, 5.41) is 0. The van der Waals surface area contributed by atoms with E-state index in [2.05, 4.69) is 9.97 Å². The molecule has 0 bridgehead atoms. The molecular weight excluding hydrogens is 341 g/mol. The van der Waals surface area contributed by atoms with Crippen LogP contribution >= 0.6 is 0 Å². The van der Waals surface area contributed by atoms with Crippen LogP contribution in [-0.2, 0) is 4.74 Å². The second-order valence-electron chi connectivity index (χ2n) is 6.20. The van der Waals surface area contributed by atoms with Gasteiger partial charge in [-0.25, -0.2) is 9.37 Å². The Balaban J connectivity index is 1.44. The molecule has 4 rings (SSSR count). The fraction of sp³-hybridized carbons (Fsp3) is 0.471. The average Bonchev–Trinajstić information content (AvgIpc) is 3.23. The third-order valence-corrected chi connectivity index (χ3v) is 4.61. The van der Waals surface area contributed by atoms with Gasteiger partial charge in [0.2, 0.25) is 5.95 Å². The van der Waals surface area contributed by atoms with Gasteiger partial charge in [0.05, 0.1) is 25.7 Å². The van der Waals surface area contributed by atoms with Crippen molar-refractivity contribution in [2.75, 3.05) is 62.3 Å². The van der Waals surface area contributed by atoms with Crippen LogP contribution in [0, 0.1) is 5.82 Å². The number of carbonyl (C=O) groups excluding carboxylic acids is 1. The second-order valence-corrected chi connectivity index (χ2v) is 6.20. The van der Waals surface area contributed by atoms with Gasteiger partial charge in [0.15, 0.2) is 17.4 Å². The molecule has 0 saturated carbocycles. The van der Waals surface area contributed by atoms with E-state index in [0.29, 0.717) is 64.2 Å². The Bertz CT molecular complexity index is 756. The number of amides is 1. The monoisotopic (exact) mass is 361 g/mol. The molecule has 26 heavy (non-hydrogen) atoms. The molecule has 2 aliphatic heterocycles. The summed E-state index contributed by atoms with van der Waals surface area (Å²) in [6.07, 6.45) is 2.69. The molecule has 1 amide bonds. The number of hydrogen-bond donors (Lipinski definition) is 0. The van der Waals surface area contributed by atoms with Gasteiger partial charge in [0, 0.05) is 39.3 Å². The van der Waals surface area contributed by atoms with Gasteiger partial charge in [0.1, 0.15) is 0 Å². The van der Waals surface area contributed by atoms with E-state index < -0.39 is 5.82 Å². The minimum absolute atomic E-state index is 0.146. The van der Waals surface area contributed by atoms with Crippen molar-refractivity contribution < 1.29 is 18.3 Å². The predicted molar refractivity (Wildman–Crippen MR) is 91.8 cm³/mol. The SMILES string of the molecule is O=C(c1ccco1)N1CCN(c2nc(N3CCOCC3)ncc2F)CC1. The third kappa shape index (κ3) is 3.34. The van der Waals surface area contributed by atoms with E-state index in [1.807, 2.05) is 9.80 Å². The molecular formula is C17H20FN5O3. The van der Waals surface area contributed by atoms with E-state index in [4.69, 9.17) is 9.15 Å². The molecule has 0 radical (unpaired) electrons. The first-order chi connectivity index (χ1) is 12.7. The van der Waals surface area contributed by atoms with Crippen molar-refractivity contribution in [1.29, 1.82) is 0 Å². The number of aromatic nitrogens is 2. The average molecular weight is 361 g/mol. The van der Waals surface area contributed by atoms with Crippen molar-refractivity contribution >= 4 is 17.7 Å². The highest BCUT2D eigenvalue weighted by Crippen LogP contribution is 2.22. The Hall–Kier alpha value is -2.68. The van der Waals surface area contributed by atoms with Crippen LogP contribution in [0.15, 0.2) is 29.0 Å². The zero-order chi connectivity index (χ0) is 17.9. The molecule has 2 aromatic rings. The standard InChI is InChI=1S/C17H20FN5O3/c18-13-12-19-17(23-7-10-25-11-8-23)20-15(13)21-3-5-22(6-4-21)16(24)14-2-1-9-26-14/h1-2,9,12H,3-8,10-11H2. The Morgan fingerprint density at radius 2 is 1.85 bits per heavy atom. The number of furan rings is 1. The number of anilines is 2. The first-order valence-electron chi connectivity index (χ1n) is 8.65. The molecule has 4 heterocycles. The molecule has 8 nitrogen and oxygen atoms in total. The van der Waals surface area contributed by atoms with Crippen LogP contribution in [0.25, 0.3) is 0 Å². The number of carbonyl (C=O) groups is 1. The van der Waals surface area contributed by atoms with Gasteiger partial charge in [0.25, 0.3) is 5.91 Å². The van der Waals surface area contributed by atoms with Gasteiger partial charge >= 0.3 is 0 Å². The Labute approximate surface area is 150 Å². The highest BCUT2D eigenvalue weighted by Gasteiger charge is 2.26. The maximum atomic E-state index is 14.3. The molecule has 2 fully saturated rings. The molecule has 0 aliphatic carbocycles. The minimum Gasteiger partial charge on any atom is -0.459 e. The number of ether oxygens (including phenoxy) is 1. The fourth-order valence-electron chi connectivity index (χ4n) is 3.16. The van der Waals surface area contributed by atoms with Gasteiger partial charge in [-0.05, 0) is 12.1 Å². The molecule has 2 aliphatic rings. The molecule has 0 N–H and O–H groups in total. The highest BCUT2D eigenvalue weighted by molar-refractivity contribution is 5.91. The third-order valence-electron chi connectivity index (χ3n) is 4.61. The van der Waals surface area contributed by atoms with Crippen molar-refractivity contribution in [3.8, 4) is 0 Å². The molecule has 138 valence electrons. The topological polar surface area (TPSA) is 74.9 Å². The van der Waals surface area contributed by atoms with Crippen LogP contribution in [0.1, 0.15) is 10.6 Å². The molecule has 0 atom stereocenters. The van der Waals surface area contributed by atoms with Gasteiger partial charge in [-0.2, -0.15) is 4.98 Å². The van der Waals surface area contributed by atoms with Crippen LogP contribution in [0.4, 0.5) is 16.2 Å². The number of piperazine rings is 1. The van der Waals surface area contributed by atoms with Crippen molar-refractivity contribution in [3.63, 3.8) is 0 Å². The predicted octanol–water partition coefficient (Wildman–Crippen LogP) is 1.01. The lowest BCUT2D eigenvalue weighted by Gasteiger charge is -2.35. The first-order valence-corrected chi connectivity index (χ1v) is 8.65. The Kier molecular flexibility index (Phi) is 4.70. The number of hydrogen-bond acceptors (Lipinski definition) is 7. The Morgan fingerprint density at radius 3 is 2.54 bits per heavy atom. The zero-order valence-corrected chi connectivity index (χ0v) is 14.3. The number of rotatable bonds is 3. The lowest BCUT2D eigenvalue weighted by molar-refractivity contribution is 0.0714. The lowest BCUT2D eigenvalue weighted by Crippen LogP contribution is -2.49. The highest BCUT2D eigenvalue weighted by atomic mass is 19.1. The number of morpholine rings is 1. The van der Waals surface area contributed by atoms with Gasteiger partial charge < -0.3 is 23.9 Å². The quantitative estimate of drug-likeness (QED) is 0.808. The van der Waals surface area contributed by atoms with Crippen molar-refractivity contribution in [1.82, 2.24) is 14.9 Å². The molecule has 0 aromatic carbocycles. The summed E-state index contributed by atoms with van der Waals surface area (Å²) in [5.41, 5.74) is 0. The summed E-state index contributed by atoms with van der Waals surface area (Å²) < 4.78 is 24.8. The van der Waals surface area contributed by atoms with E-state index >= 15 is 0 Å². The van der Waals surface area contributed by atoms with Crippen LogP contribution in [0.2, 0.25) is 0 Å². The molecule has 2 aromatic heterocycles. The van der Waals surface area contributed by atoms with Gasteiger partial charge in [-0.1, -0.05) is 0 Å². The van der Waals surface area contributed by atoms with E-state index in [1.54, 1.807) is 17.0 Å². The zero-order valence-electron chi connectivity index (χ0n) is 14.3. The van der Waals surface area contributed by atoms with Crippen molar-refractivity contribution in [2.45, 2.75) is 0 Å². The summed E-state index contributed by atoms with van der Waals surface area (Å²) in [7, 11) is 0. The van der Waals surface area contributed by atoms with Crippen molar-refractivity contribution in [2.24, 2.45) is 0 Å². The van der Waals surface area contributed by atoms with E-state index in [9.17, 15) is 9.18 Å². The summed E-state index contributed by atoms with van der Waals surface area (Å²) in [5.74, 6) is 0.520. The van der Waals surface area contributed by atoms with Crippen molar-refractivity contribution in [3.05, 3.63) is 36.2 Å². The van der Waals surface area contributed by atoms with Gasteiger partial charge in [-0.3, -0.25) is 4.79 Å². The maximum absolute atomic E-state index is 14.3. The second kappa shape index (κ2) is 7.28. The lowest BCUT2D eigenvalue weighted by atomic mass is 10.2. The van der Waals surface area contributed by atoms with E-state index in [0.717, 1.165) is 0 Å². The van der Waals surface area contributed by atoms with Crippen LogP contribution < -0.4 is 9.80 Å². The van der Waals surface area contributed by atoms with Crippen LogP contribution in [-0.4, -0.2) is 73.3 Å². The molecule has 9 heteroatoms. The minimum atomic E-state index is -0.451.